The van der Waals surface area contributed by atoms with Gasteiger partial charge < -0.3 is 5.11 Å². The number of aliphatic carboxylic acids is 1. The lowest BCUT2D eigenvalue weighted by molar-refractivity contribution is -0.385. The van der Waals surface area contributed by atoms with Crippen molar-refractivity contribution in [1.82, 2.24) is 4.98 Å². The second kappa shape index (κ2) is 5.62. The number of rotatable bonds is 5. The molecule has 1 aromatic heterocycles. The van der Waals surface area contributed by atoms with E-state index in [-0.39, 0.29) is 17.4 Å². The Morgan fingerprint density at radius 2 is 2.29 bits per heavy atom. The molecule has 0 amide bonds. The van der Waals surface area contributed by atoms with E-state index < -0.39 is 10.9 Å². The van der Waals surface area contributed by atoms with Crippen molar-refractivity contribution < 1.29 is 14.8 Å². The van der Waals surface area contributed by atoms with Crippen molar-refractivity contribution in [2.45, 2.75) is 30.5 Å². The molecule has 92 valence electrons. The van der Waals surface area contributed by atoms with Crippen LogP contribution < -0.4 is 0 Å². The molecular formula is C10H12N2O4S. The minimum atomic E-state index is -0.872. The maximum atomic E-state index is 10.6. The van der Waals surface area contributed by atoms with Crippen LogP contribution in [0.25, 0.3) is 0 Å². The molecule has 0 bridgehead atoms. The van der Waals surface area contributed by atoms with Gasteiger partial charge in [-0.25, -0.2) is 4.98 Å². The molecule has 0 radical (unpaired) electrons. The number of carboxylic acids is 1. The highest BCUT2D eigenvalue weighted by atomic mass is 32.2. The largest absolute Gasteiger partial charge is 0.481 e. The van der Waals surface area contributed by atoms with Crippen molar-refractivity contribution in [2.24, 2.45) is 0 Å². The van der Waals surface area contributed by atoms with Gasteiger partial charge in [-0.05, 0) is 13.0 Å². The highest BCUT2D eigenvalue weighted by Gasteiger charge is 2.14. The van der Waals surface area contributed by atoms with Gasteiger partial charge in [0.05, 0.1) is 16.4 Å². The van der Waals surface area contributed by atoms with E-state index in [1.165, 1.54) is 23.9 Å². The van der Waals surface area contributed by atoms with Crippen LogP contribution >= 0.6 is 11.8 Å². The van der Waals surface area contributed by atoms with Crippen LogP contribution in [0.4, 0.5) is 5.69 Å². The number of aromatic nitrogens is 1. The number of thioether (sulfide) groups is 1. The monoisotopic (exact) mass is 256 g/mol. The Morgan fingerprint density at radius 3 is 2.76 bits per heavy atom. The summed E-state index contributed by atoms with van der Waals surface area (Å²) in [7, 11) is 0. The minimum Gasteiger partial charge on any atom is -0.481 e. The summed E-state index contributed by atoms with van der Waals surface area (Å²) in [6.45, 7) is 3.33. The van der Waals surface area contributed by atoms with Gasteiger partial charge in [0.25, 0.3) is 5.69 Å². The third-order valence-corrected chi connectivity index (χ3v) is 3.05. The number of hydrogen-bond donors (Lipinski definition) is 1. The SMILES string of the molecule is Cc1nc(SC(C)CC(=O)O)ccc1[N+](=O)[O-]. The molecule has 1 atom stereocenters. The second-order valence-corrected chi connectivity index (χ2v) is 5.00. The van der Waals surface area contributed by atoms with Gasteiger partial charge in [0.1, 0.15) is 5.69 Å². The average Bonchev–Trinajstić information content (AvgIpc) is 2.15. The number of nitrogens with zero attached hydrogens (tertiary/aromatic N) is 2. The van der Waals surface area contributed by atoms with Crippen LogP contribution in [0.3, 0.4) is 0 Å². The summed E-state index contributed by atoms with van der Waals surface area (Å²) >= 11 is 1.29. The Kier molecular flexibility index (Phi) is 4.45. The summed E-state index contributed by atoms with van der Waals surface area (Å²) in [6.07, 6.45) is 0.0301. The molecular weight excluding hydrogens is 244 g/mol. The van der Waals surface area contributed by atoms with E-state index in [0.717, 1.165) is 0 Å². The molecule has 1 aromatic rings. The lowest BCUT2D eigenvalue weighted by Crippen LogP contribution is -2.06. The Labute approximate surface area is 102 Å². The molecule has 1 unspecified atom stereocenters. The van der Waals surface area contributed by atoms with E-state index in [1.807, 2.05) is 0 Å². The molecule has 0 aliphatic rings. The highest BCUT2D eigenvalue weighted by molar-refractivity contribution is 7.99. The lowest BCUT2D eigenvalue weighted by atomic mass is 10.3. The molecule has 6 nitrogen and oxygen atoms in total. The van der Waals surface area contributed by atoms with E-state index in [0.29, 0.717) is 10.7 Å². The Morgan fingerprint density at radius 1 is 1.65 bits per heavy atom. The van der Waals surface area contributed by atoms with Crippen molar-refractivity contribution in [2.75, 3.05) is 0 Å². The summed E-state index contributed by atoms with van der Waals surface area (Å²) in [5, 5.41) is 19.7. The average molecular weight is 256 g/mol. The van der Waals surface area contributed by atoms with Gasteiger partial charge in [0.2, 0.25) is 0 Å². The van der Waals surface area contributed by atoms with Crippen molar-refractivity contribution >= 4 is 23.4 Å². The topological polar surface area (TPSA) is 93.3 Å². The highest BCUT2D eigenvalue weighted by Crippen LogP contribution is 2.26. The number of aryl methyl sites for hydroxylation is 1. The molecule has 0 aromatic carbocycles. The zero-order valence-electron chi connectivity index (χ0n) is 9.41. The number of hydrogen-bond acceptors (Lipinski definition) is 5. The van der Waals surface area contributed by atoms with Gasteiger partial charge >= 0.3 is 5.97 Å². The quantitative estimate of drug-likeness (QED) is 0.493. The molecule has 1 heterocycles. The maximum Gasteiger partial charge on any atom is 0.304 e. The number of carbonyl (C=O) groups is 1. The molecule has 0 fully saturated rings. The number of carboxylic acid groups (broad SMARTS) is 1. The Bertz CT molecular complexity index is 450. The minimum absolute atomic E-state index is 0.0276. The van der Waals surface area contributed by atoms with Crippen LogP contribution in [-0.4, -0.2) is 26.2 Å². The summed E-state index contributed by atoms with van der Waals surface area (Å²) in [5.74, 6) is -0.872. The molecule has 0 spiro atoms. The van der Waals surface area contributed by atoms with Crippen molar-refractivity contribution in [1.29, 1.82) is 0 Å². The predicted octanol–water partition coefficient (Wildman–Crippen LogP) is 2.25. The standard InChI is InChI=1S/C10H12N2O4S/c1-6(5-10(13)14)17-9-4-3-8(12(15)16)7(2)11-9/h3-4,6H,5H2,1-2H3,(H,13,14). The first-order valence-corrected chi connectivity index (χ1v) is 5.78. The molecule has 0 saturated carbocycles. The third-order valence-electron chi connectivity index (χ3n) is 2.01. The molecule has 17 heavy (non-hydrogen) atoms. The fourth-order valence-electron chi connectivity index (χ4n) is 1.28. The Hall–Kier alpha value is -1.63. The van der Waals surface area contributed by atoms with Crippen LogP contribution in [0, 0.1) is 17.0 Å². The van der Waals surface area contributed by atoms with Crippen molar-refractivity contribution in [3.63, 3.8) is 0 Å². The first-order chi connectivity index (χ1) is 7.90. The van der Waals surface area contributed by atoms with E-state index in [9.17, 15) is 14.9 Å². The molecule has 0 aliphatic heterocycles. The zero-order valence-corrected chi connectivity index (χ0v) is 10.2. The summed E-state index contributed by atoms with van der Waals surface area (Å²) in [5.41, 5.74) is 0.308. The lowest BCUT2D eigenvalue weighted by Gasteiger charge is -2.07. The molecule has 1 N–H and O–H groups in total. The molecule has 1 rings (SSSR count). The van der Waals surface area contributed by atoms with Crippen molar-refractivity contribution in [3.05, 3.63) is 27.9 Å². The van der Waals surface area contributed by atoms with Crippen LogP contribution in [0.2, 0.25) is 0 Å². The fraction of sp³-hybridized carbons (Fsp3) is 0.400. The second-order valence-electron chi connectivity index (χ2n) is 3.54. The smallest absolute Gasteiger partial charge is 0.304 e. The summed E-state index contributed by atoms with van der Waals surface area (Å²) < 4.78 is 0. The van der Waals surface area contributed by atoms with Gasteiger partial charge in [0, 0.05) is 11.3 Å². The summed E-state index contributed by atoms with van der Waals surface area (Å²) in [6, 6.07) is 2.92. The van der Waals surface area contributed by atoms with E-state index >= 15 is 0 Å². The van der Waals surface area contributed by atoms with E-state index in [2.05, 4.69) is 4.98 Å². The van der Waals surface area contributed by atoms with Gasteiger partial charge in [-0.1, -0.05) is 6.92 Å². The predicted molar refractivity (Wildman–Crippen MR) is 63.2 cm³/mol. The normalized spacial score (nSPS) is 12.1. The fourth-order valence-corrected chi connectivity index (χ4v) is 2.26. The van der Waals surface area contributed by atoms with Gasteiger partial charge in [0.15, 0.2) is 0 Å². The number of nitro groups is 1. The van der Waals surface area contributed by atoms with Crippen LogP contribution in [0.1, 0.15) is 19.0 Å². The molecule has 0 saturated heterocycles. The maximum absolute atomic E-state index is 10.6. The van der Waals surface area contributed by atoms with E-state index in [1.54, 1.807) is 13.8 Å². The van der Waals surface area contributed by atoms with Crippen molar-refractivity contribution in [3.8, 4) is 0 Å². The van der Waals surface area contributed by atoms with Crippen LogP contribution in [-0.2, 0) is 4.79 Å². The van der Waals surface area contributed by atoms with E-state index in [4.69, 9.17) is 5.11 Å². The molecule has 7 heteroatoms. The summed E-state index contributed by atoms with van der Waals surface area (Å²) in [4.78, 5) is 24.7. The van der Waals surface area contributed by atoms with Gasteiger partial charge in [-0.15, -0.1) is 11.8 Å². The third kappa shape index (κ3) is 4.03. The Balaban J connectivity index is 2.77. The first kappa shape index (κ1) is 13.4. The zero-order chi connectivity index (χ0) is 13.0. The first-order valence-electron chi connectivity index (χ1n) is 4.90. The van der Waals surface area contributed by atoms with Crippen LogP contribution in [0.5, 0.6) is 0 Å². The van der Waals surface area contributed by atoms with Crippen LogP contribution in [0.15, 0.2) is 17.2 Å². The molecule has 0 aliphatic carbocycles. The number of pyridine rings is 1. The van der Waals surface area contributed by atoms with Gasteiger partial charge in [-0.2, -0.15) is 0 Å². The van der Waals surface area contributed by atoms with Gasteiger partial charge in [-0.3, -0.25) is 14.9 Å².